The van der Waals surface area contributed by atoms with E-state index in [1.165, 1.54) is 12.3 Å². The highest BCUT2D eigenvalue weighted by Gasteiger charge is 2.69. The van der Waals surface area contributed by atoms with Crippen LogP contribution in [0.2, 0.25) is 0 Å². The predicted molar refractivity (Wildman–Crippen MR) is 107 cm³/mol. The van der Waals surface area contributed by atoms with Gasteiger partial charge in [0.2, 0.25) is 0 Å². The molecular formula is C24H32O5. The van der Waals surface area contributed by atoms with E-state index < -0.39 is 17.1 Å². The first-order valence-corrected chi connectivity index (χ1v) is 11.2. The molecule has 0 spiro atoms. The molecule has 0 bridgehead atoms. The van der Waals surface area contributed by atoms with Crippen LogP contribution in [-0.2, 0) is 4.79 Å². The fourth-order valence-electron chi connectivity index (χ4n) is 8.22. The summed E-state index contributed by atoms with van der Waals surface area (Å²) < 4.78 is 5.13. The average Bonchev–Trinajstić information content (AvgIpc) is 2.94. The van der Waals surface area contributed by atoms with E-state index in [1.54, 1.807) is 0 Å². The molecule has 1 unspecified atom stereocenters. The smallest absolute Gasteiger partial charge is 0.335 e. The summed E-state index contributed by atoms with van der Waals surface area (Å²) in [6.45, 7) is 4.38. The number of aliphatic hydroxyl groups excluding tert-OH is 1. The van der Waals surface area contributed by atoms with E-state index in [1.807, 2.05) is 6.07 Å². The van der Waals surface area contributed by atoms with Crippen molar-refractivity contribution >= 4 is 5.78 Å². The van der Waals surface area contributed by atoms with Crippen LogP contribution in [0.4, 0.5) is 0 Å². The van der Waals surface area contributed by atoms with E-state index in [2.05, 4.69) is 13.8 Å². The molecule has 0 aliphatic heterocycles. The second kappa shape index (κ2) is 6.27. The Hall–Kier alpha value is -1.46. The molecule has 8 atom stereocenters. The third-order valence-electron chi connectivity index (χ3n) is 9.73. The van der Waals surface area contributed by atoms with Gasteiger partial charge in [0.05, 0.1) is 18.0 Å². The van der Waals surface area contributed by atoms with E-state index in [0.29, 0.717) is 37.4 Å². The van der Waals surface area contributed by atoms with Crippen LogP contribution in [0.1, 0.15) is 76.7 Å². The van der Waals surface area contributed by atoms with Gasteiger partial charge in [-0.2, -0.15) is 0 Å². The molecule has 5 nitrogen and oxygen atoms in total. The van der Waals surface area contributed by atoms with Gasteiger partial charge >= 0.3 is 5.63 Å². The van der Waals surface area contributed by atoms with Gasteiger partial charge in [-0.15, -0.1) is 0 Å². The highest BCUT2D eigenvalue weighted by Crippen LogP contribution is 2.70. The number of carbonyl (C=O) groups excluding carboxylic acids is 1. The van der Waals surface area contributed by atoms with E-state index in [0.717, 1.165) is 31.2 Å². The van der Waals surface area contributed by atoms with Gasteiger partial charge < -0.3 is 14.6 Å². The summed E-state index contributed by atoms with van der Waals surface area (Å²) in [5.41, 5.74) is -0.801. The largest absolute Gasteiger partial charge is 0.431 e. The lowest BCUT2D eigenvalue weighted by Crippen LogP contribution is -2.66. The minimum atomic E-state index is -0.840. The first-order valence-electron chi connectivity index (χ1n) is 11.2. The fourth-order valence-corrected chi connectivity index (χ4v) is 8.22. The van der Waals surface area contributed by atoms with Gasteiger partial charge in [0.15, 0.2) is 0 Å². The number of fused-ring (bicyclic) bond motifs is 5. The summed E-state index contributed by atoms with van der Waals surface area (Å²) in [4.78, 5) is 23.5. The molecule has 1 aromatic rings. The summed E-state index contributed by atoms with van der Waals surface area (Å²) in [6, 6.07) is 3.26. The third-order valence-corrected chi connectivity index (χ3v) is 9.73. The maximum atomic E-state index is 12.2. The van der Waals surface area contributed by atoms with Crippen molar-refractivity contribution in [1.82, 2.24) is 0 Å². The molecule has 4 fully saturated rings. The molecule has 0 aromatic carbocycles. The minimum Gasteiger partial charge on any atom is -0.431 e. The third kappa shape index (κ3) is 2.53. The number of ketones is 1. The zero-order valence-corrected chi connectivity index (χ0v) is 17.4. The van der Waals surface area contributed by atoms with Crippen molar-refractivity contribution in [3.63, 3.8) is 0 Å². The van der Waals surface area contributed by atoms with Crippen LogP contribution in [0.3, 0.4) is 0 Å². The highest BCUT2D eigenvalue weighted by molar-refractivity contribution is 5.79. The Kier molecular flexibility index (Phi) is 4.22. The first kappa shape index (κ1) is 19.5. The quantitative estimate of drug-likeness (QED) is 0.754. The molecule has 0 amide bonds. The van der Waals surface area contributed by atoms with Gasteiger partial charge in [0.25, 0.3) is 0 Å². The first-order chi connectivity index (χ1) is 13.7. The molecule has 0 radical (unpaired) electrons. The van der Waals surface area contributed by atoms with Gasteiger partial charge in [0.1, 0.15) is 5.78 Å². The number of aliphatic hydroxyl groups is 2. The second-order valence-corrected chi connectivity index (χ2v) is 10.7. The number of rotatable bonds is 1. The lowest BCUT2D eigenvalue weighted by molar-refractivity contribution is -0.235. The normalized spacial score (nSPS) is 49.2. The Morgan fingerprint density at radius 1 is 1.10 bits per heavy atom. The molecule has 5 heteroatoms. The molecule has 1 aromatic heterocycles. The van der Waals surface area contributed by atoms with Crippen LogP contribution in [0.5, 0.6) is 0 Å². The van der Waals surface area contributed by atoms with Crippen molar-refractivity contribution in [2.24, 2.45) is 28.6 Å². The average molecular weight is 401 g/mol. The van der Waals surface area contributed by atoms with Crippen molar-refractivity contribution in [2.45, 2.75) is 82.8 Å². The van der Waals surface area contributed by atoms with Gasteiger partial charge in [-0.3, -0.25) is 4.79 Å². The van der Waals surface area contributed by atoms with E-state index in [-0.39, 0.29) is 28.8 Å². The predicted octanol–water partition coefficient (Wildman–Crippen LogP) is 3.42. The highest BCUT2D eigenvalue weighted by atomic mass is 16.4. The van der Waals surface area contributed by atoms with E-state index >= 15 is 0 Å². The molecule has 2 N–H and O–H groups in total. The molecule has 0 saturated heterocycles. The van der Waals surface area contributed by atoms with Crippen LogP contribution in [0, 0.1) is 28.6 Å². The lowest BCUT2D eigenvalue weighted by Gasteiger charge is -2.64. The van der Waals surface area contributed by atoms with Crippen molar-refractivity contribution < 1.29 is 19.4 Å². The molecule has 4 saturated carbocycles. The van der Waals surface area contributed by atoms with E-state index in [9.17, 15) is 19.8 Å². The Balaban J connectivity index is 1.53. The summed E-state index contributed by atoms with van der Waals surface area (Å²) in [5, 5.41) is 23.6. The summed E-state index contributed by atoms with van der Waals surface area (Å²) in [5.74, 6) is 0.830. The van der Waals surface area contributed by atoms with Crippen LogP contribution in [-0.4, -0.2) is 27.7 Å². The molecule has 4 aliphatic carbocycles. The molecule has 4 aliphatic rings. The fraction of sp³-hybridized carbons (Fsp3) is 0.750. The van der Waals surface area contributed by atoms with Crippen LogP contribution < -0.4 is 5.63 Å². The van der Waals surface area contributed by atoms with Crippen molar-refractivity contribution in [1.29, 1.82) is 0 Å². The summed E-state index contributed by atoms with van der Waals surface area (Å²) >= 11 is 0. The zero-order chi connectivity index (χ0) is 20.6. The number of hydrogen-bond donors (Lipinski definition) is 2. The standard InChI is InChI=1S/C24H32O5/c1-22-9-7-16(25)11-15(22)4-5-18-21(22)19(26)12-23(2)17(8-10-24(18,23)28)14-3-6-20(27)29-13-14/h3,6,13,15,17-19,21,26,28H,4-5,7-12H2,1-2H3/t15?,17-,18-,19-,21-,22+,23-,24+/m1/s1. The minimum absolute atomic E-state index is 0.0416. The number of Topliss-reactive ketones (excluding diaryl/α,β-unsaturated/α-hetero) is 1. The Labute approximate surface area is 171 Å². The monoisotopic (exact) mass is 400 g/mol. The maximum absolute atomic E-state index is 12.2. The summed E-state index contributed by atoms with van der Waals surface area (Å²) in [7, 11) is 0. The topological polar surface area (TPSA) is 87.7 Å². The van der Waals surface area contributed by atoms with Crippen molar-refractivity contribution in [2.75, 3.05) is 0 Å². The van der Waals surface area contributed by atoms with Gasteiger partial charge in [-0.05, 0) is 79.2 Å². The molecule has 5 rings (SSSR count). The van der Waals surface area contributed by atoms with E-state index in [4.69, 9.17) is 4.42 Å². The van der Waals surface area contributed by atoms with Gasteiger partial charge in [0, 0.05) is 24.3 Å². The Bertz CT molecular complexity index is 871. The van der Waals surface area contributed by atoms with Crippen LogP contribution in [0.15, 0.2) is 27.6 Å². The molecular weight excluding hydrogens is 368 g/mol. The molecule has 158 valence electrons. The summed E-state index contributed by atoms with van der Waals surface area (Å²) in [6.07, 6.45) is 7.03. The SMILES string of the molecule is C[C@]12CCC(=O)CC1CC[C@@H]1[C@@H]2[C@H](O)C[C@]2(C)[C@@H](c3ccc(=O)oc3)CC[C@]12O. The molecule has 1 heterocycles. The van der Waals surface area contributed by atoms with Crippen molar-refractivity contribution in [3.8, 4) is 0 Å². The zero-order valence-electron chi connectivity index (χ0n) is 17.4. The van der Waals surface area contributed by atoms with Crippen molar-refractivity contribution in [3.05, 3.63) is 34.4 Å². The Morgan fingerprint density at radius 2 is 1.90 bits per heavy atom. The Morgan fingerprint density at radius 3 is 2.62 bits per heavy atom. The number of carbonyl (C=O) groups is 1. The lowest BCUT2D eigenvalue weighted by atomic mass is 9.42. The second-order valence-electron chi connectivity index (χ2n) is 10.7. The van der Waals surface area contributed by atoms with Crippen LogP contribution >= 0.6 is 0 Å². The van der Waals surface area contributed by atoms with Crippen LogP contribution in [0.25, 0.3) is 0 Å². The van der Waals surface area contributed by atoms with Gasteiger partial charge in [-0.1, -0.05) is 13.8 Å². The van der Waals surface area contributed by atoms with Gasteiger partial charge in [-0.25, -0.2) is 4.79 Å². The molecule has 29 heavy (non-hydrogen) atoms. The maximum Gasteiger partial charge on any atom is 0.335 e. The number of hydrogen-bond acceptors (Lipinski definition) is 5.